The van der Waals surface area contributed by atoms with Crippen LogP contribution in [-0.2, 0) is 0 Å². The van der Waals surface area contributed by atoms with Crippen molar-refractivity contribution in [3.63, 3.8) is 0 Å². The molecule has 1 saturated heterocycles. The monoisotopic (exact) mass is 399 g/mol. The molecule has 1 aliphatic heterocycles. The quantitative estimate of drug-likeness (QED) is 0.774. The van der Waals surface area contributed by atoms with Gasteiger partial charge in [0.15, 0.2) is 0 Å². The molecule has 3 amide bonds. The van der Waals surface area contributed by atoms with Gasteiger partial charge in [0.25, 0.3) is 5.91 Å². The van der Waals surface area contributed by atoms with Crippen molar-refractivity contribution in [1.82, 2.24) is 10.2 Å². The van der Waals surface area contributed by atoms with Gasteiger partial charge in [-0.25, -0.2) is 9.18 Å². The fraction of sp³-hybridized carbons (Fsp3) is 0.364. The minimum atomic E-state index is -0.443. The van der Waals surface area contributed by atoms with Gasteiger partial charge < -0.3 is 20.3 Å². The summed E-state index contributed by atoms with van der Waals surface area (Å²) in [6, 6.07) is 13.0. The van der Waals surface area contributed by atoms with Gasteiger partial charge in [-0.15, -0.1) is 0 Å². The number of carbonyl (C=O) groups is 2. The molecule has 2 aromatic carbocycles. The van der Waals surface area contributed by atoms with Gasteiger partial charge in [0.1, 0.15) is 11.6 Å². The number of methoxy groups -OCH3 is 1. The maximum Gasteiger partial charge on any atom is 0.321 e. The number of para-hydroxylation sites is 2. The van der Waals surface area contributed by atoms with E-state index in [1.54, 1.807) is 48.4 Å². The van der Waals surface area contributed by atoms with Crippen LogP contribution in [0.4, 0.5) is 14.9 Å². The Morgan fingerprint density at radius 1 is 1.10 bits per heavy atom. The molecule has 3 rings (SSSR count). The van der Waals surface area contributed by atoms with E-state index < -0.39 is 5.82 Å². The Bertz CT molecular complexity index is 851. The standard InChI is InChI=1S/C22H26FN3O3/c1-29-20-9-5-2-6-17(20)21(27)24-13-10-16-11-14-26(15-12-16)22(28)25-19-8-4-3-7-18(19)23/h2-9,16H,10-15H2,1H3,(H,24,27)(H,25,28). The number of halogens is 1. The number of urea groups is 1. The number of nitrogens with zero attached hydrogens (tertiary/aromatic N) is 1. The first-order valence-electron chi connectivity index (χ1n) is 9.80. The molecule has 1 heterocycles. The van der Waals surface area contributed by atoms with Crippen molar-refractivity contribution in [2.24, 2.45) is 5.92 Å². The number of likely N-dealkylation sites (tertiary alicyclic amines) is 1. The minimum absolute atomic E-state index is 0.149. The number of hydrogen-bond acceptors (Lipinski definition) is 3. The van der Waals surface area contributed by atoms with Crippen molar-refractivity contribution in [1.29, 1.82) is 0 Å². The number of benzene rings is 2. The Balaban J connectivity index is 1.40. The van der Waals surface area contributed by atoms with E-state index in [2.05, 4.69) is 10.6 Å². The number of amides is 3. The lowest BCUT2D eigenvalue weighted by molar-refractivity contribution is 0.0946. The highest BCUT2D eigenvalue weighted by Crippen LogP contribution is 2.22. The fourth-order valence-corrected chi connectivity index (χ4v) is 3.50. The SMILES string of the molecule is COc1ccccc1C(=O)NCCC1CCN(C(=O)Nc2ccccc2F)CC1. The highest BCUT2D eigenvalue weighted by Gasteiger charge is 2.23. The van der Waals surface area contributed by atoms with Gasteiger partial charge in [-0.1, -0.05) is 24.3 Å². The first-order chi connectivity index (χ1) is 14.1. The van der Waals surface area contributed by atoms with Crippen molar-refractivity contribution >= 4 is 17.6 Å². The zero-order valence-corrected chi connectivity index (χ0v) is 16.5. The molecule has 0 aromatic heterocycles. The molecule has 0 radical (unpaired) electrons. The van der Waals surface area contributed by atoms with Crippen LogP contribution in [-0.4, -0.2) is 43.6 Å². The molecule has 0 aliphatic carbocycles. The Kier molecular flexibility index (Phi) is 7.05. The van der Waals surface area contributed by atoms with Gasteiger partial charge in [-0.2, -0.15) is 0 Å². The lowest BCUT2D eigenvalue weighted by atomic mass is 9.93. The molecule has 154 valence electrons. The molecular formula is C22H26FN3O3. The molecule has 0 unspecified atom stereocenters. The molecule has 7 heteroatoms. The second-order valence-electron chi connectivity index (χ2n) is 7.09. The van der Waals surface area contributed by atoms with E-state index in [1.165, 1.54) is 6.07 Å². The van der Waals surface area contributed by atoms with Crippen LogP contribution in [0.15, 0.2) is 48.5 Å². The van der Waals surface area contributed by atoms with Gasteiger partial charge in [-0.05, 0) is 49.4 Å². The zero-order chi connectivity index (χ0) is 20.6. The summed E-state index contributed by atoms with van der Waals surface area (Å²) in [7, 11) is 1.54. The van der Waals surface area contributed by atoms with Gasteiger partial charge in [0.05, 0.1) is 18.4 Å². The van der Waals surface area contributed by atoms with Crippen LogP contribution in [0.3, 0.4) is 0 Å². The van der Waals surface area contributed by atoms with Gasteiger partial charge in [0, 0.05) is 19.6 Å². The van der Waals surface area contributed by atoms with Crippen molar-refractivity contribution in [2.45, 2.75) is 19.3 Å². The number of piperidine rings is 1. The van der Waals surface area contributed by atoms with E-state index in [9.17, 15) is 14.0 Å². The third-order valence-corrected chi connectivity index (χ3v) is 5.21. The first-order valence-corrected chi connectivity index (χ1v) is 9.80. The van der Waals surface area contributed by atoms with Crippen molar-refractivity contribution < 1.29 is 18.7 Å². The van der Waals surface area contributed by atoms with Crippen LogP contribution in [0, 0.1) is 11.7 Å². The van der Waals surface area contributed by atoms with Gasteiger partial charge in [0.2, 0.25) is 0 Å². The summed E-state index contributed by atoms with van der Waals surface area (Å²) in [6.07, 6.45) is 2.56. The highest BCUT2D eigenvalue weighted by atomic mass is 19.1. The van der Waals surface area contributed by atoms with E-state index >= 15 is 0 Å². The molecule has 1 fully saturated rings. The molecule has 2 N–H and O–H groups in total. The molecule has 6 nitrogen and oxygen atoms in total. The third kappa shape index (κ3) is 5.47. The molecule has 2 aromatic rings. The van der Waals surface area contributed by atoms with E-state index in [-0.39, 0.29) is 17.6 Å². The maximum absolute atomic E-state index is 13.7. The van der Waals surface area contributed by atoms with E-state index in [0.29, 0.717) is 36.9 Å². The van der Waals surface area contributed by atoms with Crippen LogP contribution in [0.1, 0.15) is 29.6 Å². The number of ether oxygens (including phenoxy) is 1. The number of hydrogen-bond donors (Lipinski definition) is 2. The lowest BCUT2D eigenvalue weighted by Crippen LogP contribution is -2.41. The van der Waals surface area contributed by atoms with Crippen LogP contribution in [0.5, 0.6) is 5.75 Å². The number of nitrogens with one attached hydrogen (secondary N) is 2. The summed E-state index contributed by atoms with van der Waals surface area (Å²) in [5, 5.41) is 5.57. The van der Waals surface area contributed by atoms with Crippen LogP contribution in [0.2, 0.25) is 0 Å². The van der Waals surface area contributed by atoms with E-state index in [4.69, 9.17) is 4.74 Å². The molecule has 29 heavy (non-hydrogen) atoms. The predicted octanol–water partition coefficient (Wildman–Crippen LogP) is 3.90. The van der Waals surface area contributed by atoms with Gasteiger partial charge >= 0.3 is 6.03 Å². The third-order valence-electron chi connectivity index (χ3n) is 5.21. The van der Waals surface area contributed by atoms with Crippen molar-refractivity contribution in [2.75, 3.05) is 32.1 Å². The molecule has 0 spiro atoms. The van der Waals surface area contributed by atoms with Crippen LogP contribution in [0.25, 0.3) is 0 Å². The summed E-state index contributed by atoms with van der Waals surface area (Å²) >= 11 is 0. The molecule has 0 atom stereocenters. The average Bonchev–Trinajstić information content (AvgIpc) is 2.75. The van der Waals surface area contributed by atoms with E-state index in [1.807, 2.05) is 6.07 Å². The first kappa shape index (κ1) is 20.6. The molecule has 0 bridgehead atoms. The normalized spacial score (nSPS) is 14.3. The number of rotatable bonds is 6. The predicted molar refractivity (Wildman–Crippen MR) is 110 cm³/mol. The fourth-order valence-electron chi connectivity index (χ4n) is 3.50. The molecule has 1 aliphatic rings. The summed E-state index contributed by atoms with van der Waals surface area (Å²) < 4.78 is 18.9. The maximum atomic E-state index is 13.7. The van der Waals surface area contributed by atoms with Crippen molar-refractivity contribution in [3.05, 3.63) is 59.9 Å². The topological polar surface area (TPSA) is 70.7 Å². The Morgan fingerprint density at radius 2 is 1.79 bits per heavy atom. The van der Waals surface area contributed by atoms with Gasteiger partial charge in [-0.3, -0.25) is 4.79 Å². The van der Waals surface area contributed by atoms with Crippen LogP contribution < -0.4 is 15.4 Å². The number of carbonyl (C=O) groups excluding carboxylic acids is 2. The largest absolute Gasteiger partial charge is 0.496 e. The second-order valence-corrected chi connectivity index (χ2v) is 7.09. The highest BCUT2D eigenvalue weighted by molar-refractivity contribution is 5.96. The lowest BCUT2D eigenvalue weighted by Gasteiger charge is -2.32. The summed E-state index contributed by atoms with van der Waals surface area (Å²) in [6.45, 7) is 1.81. The molecular weight excluding hydrogens is 373 g/mol. The summed E-state index contributed by atoms with van der Waals surface area (Å²) in [5.41, 5.74) is 0.716. The van der Waals surface area contributed by atoms with E-state index in [0.717, 1.165) is 19.3 Å². The summed E-state index contributed by atoms with van der Waals surface area (Å²) in [4.78, 5) is 26.4. The molecule has 0 saturated carbocycles. The van der Waals surface area contributed by atoms with Crippen molar-refractivity contribution in [3.8, 4) is 5.75 Å². The average molecular weight is 399 g/mol. The Labute approximate surface area is 170 Å². The number of anilines is 1. The summed E-state index contributed by atoms with van der Waals surface area (Å²) in [5.74, 6) is 0.398. The zero-order valence-electron chi connectivity index (χ0n) is 16.5. The Hall–Kier alpha value is -3.09. The Morgan fingerprint density at radius 3 is 2.52 bits per heavy atom. The smallest absolute Gasteiger partial charge is 0.321 e. The van der Waals surface area contributed by atoms with Crippen LogP contribution >= 0.6 is 0 Å². The second kappa shape index (κ2) is 9.91. The minimum Gasteiger partial charge on any atom is -0.496 e.